The first-order valence-corrected chi connectivity index (χ1v) is 41.0. The van der Waals surface area contributed by atoms with Gasteiger partial charge in [0.1, 0.15) is 40.8 Å². The van der Waals surface area contributed by atoms with Crippen molar-refractivity contribution < 1.29 is 90.3 Å². The minimum Gasteiger partial charge on any atom is -0.491 e. The number of nitrogens with one attached hydrogen (secondary N) is 9. The highest BCUT2D eigenvalue weighted by Crippen LogP contribution is 2.41. The number of aromatic nitrogens is 12. The number of hydrogen-bond acceptors (Lipinski definition) is 26. The summed E-state index contributed by atoms with van der Waals surface area (Å²) in [5.74, 6) is -1.01. The van der Waals surface area contributed by atoms with Gasteiger partial charge in [0, 0.05) is 168 Å². The molecule has 9 aromatic rings. The van der Waals surface area contributed by atoms with Gasteiger partial charge in [0.2, 0.25) is 35.3 Å². The molecule has 0 radical (unpaired) electrons. The number of pyridine rings is 1. The smallest absolute Gasteiger partial charge is 0.291 e. The van der Waals surface area contributed by atoms with E-state index in [0.29, 0.717) is 142 Å². The largest absolute Gasteiger partial charge is 0.491 e. The number of nitrogens with zero attached hydrogens (tertiary/aromatic N) is 13. The van der Waals surface area contributed by atoms with Gasteiger partial charge in [0.15, 0.2) is 17.5 Å². The highest BCUT2D eigenvalue weighted by atomic mass is 16.6. The minimum absolute atomic E-state index is 0.00139. The van der Waals surface area contributed by atoms with Crippen LogP contribution in [0.25, 0.3) is 33.1 Å². The molecule has 8 aromatic heterocycles. The van der Waals surface area contributed by atoms with Crippen LogP contribution in [0.2, 0.25) is 0 Å². The number of methoxy groups -OCH3 is 1. The number of rotatable bonds is 53. The lowest BCUT2D eigenvalue weighted by molar-refractivity contribution is -0.122. The molecule has 123 heavy (non-hydrogen) atoms. The molecule has 1 aliphatic heterocycles. The van der Waals surface area contributed by atoms with Crippen molar-refractivity contribution in [2.45, 2.75) is 84.1 Å². The molecule has 10 rings (SSSR count). The van der Waals surface area contributed by atoms with E-state index < -0.39 is 41.4 Å². The topological polar surface area (TPSA) is 468 Å². The molecule has 1 aliphatic rings. The molecule has 0 aliphatic carbocycles. The first-order chi connectivity index (χ1) is 59.4. The highest BCUT2D eigenvalue weighted by Gasteiger charge is 2.29. The SMILES string of the molecule is COC[C@@H](C)n1c(C2CCOCC2)nc2cnc3cc(-c4c(C)noc4C)c(OCCOCCOCCOCCOCCOCCOCCC(=O)NCCCN(C)CCCNC(=O)CCNC(=O)c4nc(NC(=O)CCNC(=O)c5cc(NC(=O)c6nc(NC(=O)CCNC(=O)c7cc(NC(=O)c8nccn8C)cn7C)cn6C)cn5C)cn4C)cc3c21. The summed E-state index contributed by atoms with van der Waals surface area (Å²) in [5.41, 5.74) is 6.13. The number of aryl methyl sites for hydroxylation is 7. The van der Waals surface area contributed by atoms with Gasteiger partial charge < -0.3 is 127 Å². The predicted octanol–water partition coefficient (Wildman–Crippen LogP) is 4.49. The zero-order chi connectivity index (χ0) is 87.7. The van der Waals surface area contributed by atoms with Crippen LogP contribution < -0.4 is 52.6 Å². The Morgan fingerprint density at radius 1 is 0.520 bits per heavy atom. The molecule has 1 atom stereocenters. The second kappa shape index (κ2) is 47.6. The quantitative estimate of drug-likeness (QED) is 0.0237. The first kappa shape index (κ1) is 93.4. The third kappa shape index (κ3) is 27.8. The number of carbonyl (C=O) groups is 9. The Kier molecular flexibility index (Phi) is 36.1. The van der Waals surface area contributed by atoms with Gasteiger partial charge >= 0.3 is 0 Å². The van der Waals surface area contributed by atoms with Crippen LogP contribution >= 0.6 is 0 Å². The third-order valence-corrected chi connectivity index (χ3v) is 19.9. The summed E-state index contributed by atoms with van der Waals surface area (Å²) >= 11 is 0. The maximum atomic E-state index is 13.3. The van der Waals surface area contributed by atoms with Crippen LogP contribution in [0.1, 0.15) is 140 Å². The Labute approximate surface area is 711 Å². The van der Waals surface area contributed by atoms with Gasteiger partial charge in [0.25, 0.3) is 29.5 Å². The van der Waals surface area contributed by atoms with Gasteiger partial charge in [-0.3, -0.25) is 48.1 Å². The van der Waals surface area contributed by atoms with Gasteiger partial charge in [0.05, 0.1) is 132 Å². The number of fused-ring (bicyclic) bond motifs is 3. The van der Waals surface area contributed by atoms with Crippen LogP contribution in [-0.4, -0.2) is 281 Å². The predicted molar refractivity (Wildman–Crippen MR) is 452 cm³/mol. The average molecular weight is 1710 g/mol. The van der Waals surface area contributed by atoms with Crippen LogP contribution in [0.15, 0.2) is 72.2 Å². The minimum atomic E-state index is -0.639. The molecule has 0 unspecified atom stereocenters. The molecular formula is C82H114N22O19. The molecule has 0 bridgehead atoms. The molecule has 9 heterocycles. The fourth-order valence-electron chi connectivity index (χ4n) is 13.7. The third-order valence-electron chi connectivity index (χ3n) is 19.9. The molecule has 0 saturated carbocycles. The molecule has 9 N–H and O–H groups in total. The van der Waals surface area contributed by atoms with E-state index in [1.165, 1.54) is 55.2 Å². The van der Waals surface area contributed by atoms with Crippen LogP contribution in [0.4, 0.5) is 23.0 Å². The average Bonchev–Trinajstić information content (AvgIpc) is 1.61. The van der Waals surface area contributed by atoms with Crippen molar-refractivity contribution in [1.29, 1.82) is 0 Å². The van der Waals surface area contributed by atoms with E-state index in [1.54, 1.807) is 59.3 Å². The van der Waals surface area contributed by atoms with Gasteiger partial charge in [-0.05, 0) is 90.9 Å². The zero-order valence-electron chi connectivity index (χ0n) is 71.5. The number of anilines is 4. The maximum absolute atomic E-state index is 13.3. The highest BCUT2D eigenvalue weighted by molar-refractivity contribution is 6.07. The normalized spacial score (nSPS) is 12.6. The van der Waals surface area contributed by atoms with Crippen molar-refractivity contribution in [3.8, 4) is 16.9 Å². The van der Waals surface area contributed by atoms with Gasteiger partial charge in [-0.25, -0.2) is 19.9 Å². The van der Waals surface area contributed by atoms with Crippen LogP contribution in [-0.2, 0) is 92.3 Å². The van der Waals surface area contributed by atoms with Crippen molar-refractivity contribution in [3.05, 3.63) is 114 Å². The van der Waals surface area contributed by atoms with Crippen LogP contribution in [0.5, 0.6) is 5.75 Å². The van der Waals surface area contributed by atoms with E-state index in [9.17, 15) is 43.2 Å². The van der Waals surface area contributed by atoms with E-state index in [2.05, 4.69) is 90.4 Å². The number of hydrogen-bond donors (Lipinski definition) is 9. The Morgan fingerprint density at radius 3 is 1.53 bits per heavy atom. The monoisotopic (exact) mass is 1710 g/mol. The van der Waals surface area contributed by atoms with Gasteiger partial charge in [-0.1, -0.05) is 5.16 Å². The van der Waals surface area contributed by atoms with E-state index in [1.807, 2.05) is 33.2 Å². The summed E-state index contributed by atoms with van der Waals surface area (Å²) in [4.78, 5) is 140. The molecular weight excluding hydrogens is 1600 g/mol. The second-order valence-corrected chi connectivity index (χ2v) is 29.5. The molecule has 9 amide bonds. The molecule has 1 fully saturated rings. The second-order valence-electron chi connectivity index (χ2n) is 29.5. The number of amides is 9. The summed E-state index contributed by atoms with van der Waals surface area (Å²) < 4.78 is 67.2. The summed E-state index contributed by atoms with van der Waals surface area (Å²) in [6.45, 7) is 15.1. The molecule has 41 nitrogen and oxygen atoms in total. The van der Waals surface area contributed by atoms with E-state index in [4.69, 9.17) is 57.1 Å². The Hall–Kier alpha value is -11.8. The van der Waals surface area contributed by atoms with Crippen molar-refractivity contribution >= 4 is 98.1 Å². The van der Waals surface area contributed by atoms with Crippen molar-refractivity contribution in [2.24, 2.45) is 35.2 Å². The lowest BCUT2D eigenvalue weighted by Crippen LogP contribution is -2.33. The summed E-state index contributed by atoms with van der Waals surface area (Å²) in [6.07, 6.45) is 14.2. The summed E-state index contributed by atoms with van der Waals surface area (Å²) in [7, 11) is 11.7. The Balaban J connectivity index is 0.485. The summed E-state index contributed by atoms with van der Waals surface area (Å²) in [6, 6.07) is 7.06. The van der Waals surface area contributed by atoms with Crippen molar-refractivity contribution in [1.82, 2.24) is 89.0 Å². The number of ether oxygens (including phenoxy) is 9. The van der Waals surface area contributed by atoms with Gasteiger partial charge in [-0.2, -0.15) is 0 Å². The first-order valence-electron chi connectivity index (χ1n) is 41.0. The van der Waals surface area contributed by atoms with Crippen molar-refractivity contribution in [3.63, 3.8) is 0 Å². The Bertz CT molecular complexity index is 5010. The number of benzene rings is 1. The lowest BCUT2D eigenvalue weighted by Gasteiger charge is -2.25. The zero-order valence-corrected chi connectivity index (χ0v) is 71.5. The fraction of sp³-hybridized carbons (Fsp3) is 0.524. The molecule has 0 spiro atoms. The summed E-state index contributed by atoms with van der Waals surface area (Å²) in [5, 5.41) is 29.6. The molecule has 41 heteroatoms. The van der Waals surface area contributed by atoms with Crippen molar-refractivity contribution in [2.75, 3.05) is 187 Å². The standard InChI is InChI=1S/C82H114N22O19/c1-53(52-114-10)104-73-59-46-65(60(72-54(2)97-123-55(72)3)45-61(59)89-47-62(73)92-74(104)56-16-28-115-29-17-56)122-42-41-121-40-39-120-38-37-119-36-35-118-34-33-117-32-31-116-30-18-69(106)84-20-12-26-98(4)25-11-19-83-68(105)13-21-88-80(111)76-95-66(50-102(76)8)93-70(107)14-22-87-79(110)64-44-58(49-101(64)7)91-82(113)77-96-67(51-103(77)9)94-71(108)15-23-86-78(109)63-43-57(48-100(63)6)90-81(112)75-85-24-27-99(75)5/h24,27,43-51,53,56H,11-23,25-26,28-42,52H2,1-10H3,(H,83,105)(H,84,106)(H,86,109)(H,87,110)(H,88,111)(H,90,112)(H,91,113)(H,93,107)(H,94,108)/t53-/m1/s1. The number of imidazole rings is 4. The Morgan fingerprint density at radius 2 is 1.02 bits per heavy atom. The fourth-order valence-corrected chi connectivity index (χ4v) is 13.7. The van der Waals surface area contributed by atoms with E-state index >= 15 is 0 Å². The van der Waals surface area contributed by atoms with E-state index in [-0.39, 0.29) is 122 Å². The molecule has 1 aromatic carbocycles. The maximum Gasteiger partial charge on any atom is 0.291 e. The van der Waals surface area contributed by atoms with Crippen LogP contribution in [0.3, 0.4) is 0 Å². The number of carbonyl (C=O) groups excluding carboxylic acids is 9. The lowest BCUT2D eigenvalue weighted by atomic mass is 9.99. The van der Waals surface area contributed by atoms with Gasteiger partial charge in [-0.15, -0.1) is 0 Å². The molecule has 1 saturated heterocycles. The van der Waals surface area contributed by atoms with E-state index in [0.717, 1.165) is 70.4 Å². The van der Waals surface area contributed by atoms with Crippen LogP contribution in [0, 0.1) is 13.8 Å². The molecule has 666 valence electrons.